The van der Waals surface area contributed by atoms with Crippen LogP contribution in [0.25, 0.3) is 21.9 Å². The Labute approximate surface area is 251 Å². The Hall–Kier alpha value is -4.59. The Morgan fingerprint density at radius 2 is 1.84 bits per heavy atom. The van der Waals surface area contributed by atoms with Gasteiger partial charge in [-0.3, -0.25) is 4.79 Å². The normalized spacial score (nSPS) is 17.1. The number of piperidine rings is 1. The average Bonchev–Trinajstić information content (AvgIpc) is 3.30. The number of likely N-dealkylation sites (tertiary alicyclic amines) is 1. The van der Waals surface area contributed by atoms with Crippen LogP contribution in [-0.2, 0) is 26.1 Å². The van der Waals surface area contributed by atoms with Gasteiger partial charge in [-0.15, -0.1) is 0 Å². The number of anilines is 1. The molecule has 1 unspecified atom stereocenters. The fourth-order valence-corrected chi connectivity index (χ4v) is 6.88. The van der Waals surface area contributed by atoms with Gasteiger partial charge >= 0.3 is 12.1 Å². The quantitative estimate of drug-likeness (QED) is 0.259. The molecule has 1 aliphatic carbocycles. The van der Waals surface area contributed by atoms with Crippen LogP contribution in [-0.4, -0.2) is 48.8 Å². The second-order valence-corrected chi connectivity index (χ2v) is 11.5. The summed E-state index contributed by atoms with van der Waals surface area (Å²) in [4.78, 5) is 30.8. The maximum atomic E-state index is 12.5. The standard InChI is InChI=1S/C35H37N3O5/c1-4-42-32(39)20-27-22(2)7-5-10-30(27)43-31-21-35(14-17-38(18-15-35)34(40)41-3)29-12-11-23(19-28(29)31)24-8-6-9-26-25(24)13-16-37-33(26)36/h5-13,16,19,31H,4,14-15,17-18,20-21H2,1-3H3,(H2,36,37). The van der Waals surface area contributed by atoms with Crippen LogP contribution in [0.1, 0.15) is 54.5 Å². The zero-order valence-corrected chi connectivity index (χ0v) is 24.9. The Bertz CT molecular complexity index is 1690. The fourth-order valence-electron chi connectivity index (χ4n) is 6.88. The molecule has 0 radical (unpaired) electrons. The van der Waals surface area contributed by atoms with E-state index in [-0.39, 0.29) is 30.0 Å². The van der Waals surface area contributed by atoms with Crippen molar-refractivity contribution in [2.75, 3.05) is 32.5 Å². The van der Waals surface area contributed by atoms with E-state index in [4.69, 9.17) is 19.9 Å². The molecule has 4 aromatic rings. The van der Waals surface area contributed by atoms with E-state index in [1.165, 1.54) is 12.7 Å². The number of carbonyl (C=O) groups excluding carboxylic acids is 2. The fraction of sp³-hybridized carbons (Fsp3) is 0.343. The molecule has 2 aliphatic rings. The number of nitrogens with two attached hydrogens (primary N) is 1. The number of esters is 1. The van der Waals surface area contributed by atoms with Gasteiger partial charge in [0.05, 0.1) is 20.1 Å². The summed E-state index contributed by atoms with van der Waals surface area (Å²) in [6.45, 7) is 5.38. The maximum absolute atomic E-state index is 12.5. The van der Waals surface area contributed by atoms with Gasteiger partial charge < -0.3 is 24.8 Å². The van der Waals surface area contributed by atoms with Crippen LogP contribution in [0.5, 0.6) is 5.75 Å². The van der Waals surface area contributed by atoms with E-state index in [0.29, 0.717) is 31.3 Å². The van der Waals surface area contributed by atoms with E-state index in [9.17, 15) is 9.59 Å². The van der Waals surface area contributed by atoms with Crippen molar-refractivity contribution >= 4 is 28.7 Å². The van der Waals surface area contributed by atoms with Crippen molar-refractivity contribution in [2.24, 2.45) is 0 Å². The number of hydrogen-bond acceptors (Lipinski definition) is 7. The molecule has 43 heavy (non-hydrogen) atoms. The van der Waals surface area contributed by atoms with Crippen LogP contribution in [0.15, 0.2) is 66.9 Å². The lowest BCUT2D eigenvalue weighted by atomic mass is 9.73. The number of fused-ring (bicyclic) bond motifs is 3. The molecule has 2 heterocycles. The zero-order chi connectivity index (χ0) is 30.1. The number of ether oxygens (including phenoxy) is 3. The minimum absolute atomic E-state index is 0.138. The number of hydrogen-bond donors (Lipinski definition) is 1. The van der Waals surface area contributed by atoms with Gasteiger partial charge in [0.1, 0.15) is 17.7 Å². The van der Waals surface area contributed by atoms with E-state index in [2.05, 4.69) is 29.2 Å². The topological polar surface area (TPSA) is 104 Å². The summed E-state index contributed by atoms with van der Waals surface area (Å²) in [5.74, 6) is 0.932. The largest absolute Gasteiger partial charge is 0.485 e. The van der Waals surface area contributed by atoms with Gasteiger partial charge in [0.15, 0.2) is 0 Å². The first-order valence-corrected chi connectivity index (χ1v) is 14.8. The molecule has 8 heteroatoms. The van der Waals surface area contributed by atoms with Crippen molar-refractivity contribution in [3.8, 4) is 16.9 Å². The molecule has 3 aromatic carbocycles. The molecule has 1 atom stereocenters. The Balaban J connectivity index is 1.41. The lowest BCUT2D eigenvalue weighted by Crippen LogP contribution is -2.44. The van der Waals surface area contributed by atoms with Gasteiger partial charge in [0.2, 0.25) is 0 Å². The monoisotopic (exact) mass is 579 g/mol. The van der Waals surface area contributed by atoms with Gasteiger partial charge in [0.25, 0.3) is 0 Å². The summed E-state index contributed by atoms with van der Waals surface area (Å²) in [6, 6.07) is 20.7. The number of pyridine rings is 1. The molecule has 1 saturated heterocycles. The third-order valence-electron chi connectivity index (χ3n) is 9.11. The third kappa shape index (κ3) is 5.26. The molecule has 1 fully saturated rings. The molecule has 222 valence electrons. The molecule has 0 saturated carbocycles. The molecule has 1 aliphatic heterocycles. The molecular formula is C35H37N3O5. The predicted octanol–water partition coefficient (Wildman–Crippen LogP) is 6.52. The number of carbonyl (C=O) groups is 2. The van der Waals surface area contributed by atoms with E-state index in [1.807, 2.05) is 50.2 Å². The number of benzene rings is 3. The van der Waals surface area contributed by atoms with Crippen LogP contribution in [0.3, 0.4) is 0 Å². The van der Waals surface area contributed by atoms with Crippen molar-refractivity contribution in [3.05, 3.63) is 89.1 Å². The van der Waals surface area contributed by atoms with E-state index in [0.717, 1.165) is 57.9 Å². The van der Waals surface area contributed by atoms with Crippen molar-refractivity contribution in [3.63, 3.8) is 0 Å². The molecule has 0 bridgehead atoms. The summed E-state index contributed by atoms with van der Waals surface area (Å²) in [6.07, 6.45) is 3.78. The van der Waals surface area contributed by atoms with Crippen LogP contribution >= 0.6 is 0 Å². The SMILES string of the molecule is CCOC(=O)Cc1c(C)cccc1OC1CC2(CCN(C(=O)OC)CC2)c2ccc(-c3cccc4c(N)nccc34)cc21. The van der Waals surface area contributed by atoms with Crippen molar-refractivity contribution in [1.82, 2.24) is 9.88 Å². The first-order valence-electron chi connectivity index (χ1n) is 14.8. The van der Waals surface area contributed by atoms with Crippen molar-refractivity contribution in [1.29, 1.82) is 0 Å². The molecule has 6 rings (SSSR count). The highest BCUT2D eigenvalue weighted by molar-refractivity contribution is 6.01. The average molecular weight is 580 g/mol. The van der Waals surface area contributed by atoms with Gasteiger partial charge in [-0.2, -0.15) is 0 Å². The van der Waals surface area contributed by atoms with Crippen molar-refractivity contribution in [2.45, 2.75) is 51.0 Å². The van der Waals surface area contributed by atoms with Crippen molar-refractivity contribution < 1.29 is 23.8 Å². The molecule has 8 nitrogen and oxygen atoms in total. The number of amides is 1. The first-order chi connectivity index (χ1) is 20.8. The van der Waals surface area contributed by atoms with Gasteiger partial charge in [-0.25, -0.2) is 9.78 Å². The minimum Gasteiger partial charge on any atom is -0.485 e. The molecule has 2 N–H and O–H groups in total. The Kier molecular flexibility index (Phi) is 7.69. The lowest BCUT2D eigenvalue weighted by molar-refractivity contribution is -0.142. The lowest BCUT2D eigenvalue weighted by Gasteiger charge is -2.39. The van der Waals surface area contributed by atoms with Gasteiger partial charge in [-0.1, -0.05) is 42.5 Å². The highest BCUT2D eigenvalue weighted by Crippen LogP contribution is 2.53. The number of rotatable bonds is 6. The summed E-state index contributed by atoms with van der Waals surface area (Å²) in [5, 5.41) is 1.96. The van der Waals surface area contributed by atoms with E-state index >= 15 is 0 Å². The summed E-state index contributed by atoms with van der Waals surface area (Å²) < 4.78 is 17.1. The molecule has 1 spiro atoms. The summed E-state index contributed by atoms with van der Waals surface area (Å²) in [7, 11) is 1.43. The second kappa shape index (κ2) is 11.6. The molecular weight excluding hydrogens is 542 g/mol. The highest BCUT2D eigenvalue weighted by Gasteiger charge is 2.47. The van der Waals surface area contributed by atoms with Gasteiger partial charge in [-0.05, 0) is 84.5 Å². The summed E-state index contributed by atoms with van der Waals surface area (Å²) >= 11 is 0. The van der Waals surface area contributed by atoms with Crippen LogP contribution in [0.4, 0.5) is 10.6 Å². The van der Waals surface area contributed by atoms with Crippen LogP contribution < -0.4 is 10.5 Å². The highest BCUT2D eigenvalue weighted by atomic mass is 16.5. The van der Waals surface area contributed by atoms with Crippen LogP contribution in [0, 0.1) is 6.92 Å². The van der Waals surface area contributed by atoms with E-state index < -0.39 is 0 Å². The predicted molar refractivity (Wildman–Crippen MR) is 166 cm³/mol. The summed E-state index contributed by atoms with van der Waals surface area (Å²) in [5.41, 5.74) is 12.4. The number of aromatic nitrogens is 1. The third-order valence-corrected chi connectivity index (χ3v) is 9.11. The maximum Gasteiger partial charge on any atom is 0.409 e. The number of nitrogen functional groups attached to an aromatic ring is 1. The zero-order valence-electron chi connectivity index (χ0n) is 24.9. The second-order valence-electron chi connectivity index (χ2n) is 11.5. The number of nitrogens with zero attached hydrogens (tertiary/aromatic N) is 2. The Morgan fingerprint density at radius 1 is 1.05 bits per heavy atom. The Morgan fingerprint density at radius 3 is 2.60 bits per heavy atom. The molecule has 1 amide bonds. The first kappa shape index (κ1) is 28.5. The smallest absolute Gasteiger partial charge is 0.409 e. The van der Waals surface area contributed by atoms with Gasteiger partial charge in [0, 0.05) is 35.7 Å². The minimum atomic E-state index is -0.288. The van der Waals surface area contributed by atoms with E-state index in [1.54, 1.807) is 11.1 Å². The molecule has 1 aromatic heterocycles. The number of aryl methyl sites for hydroxylation is 1. The van der Waals surface area contributed by atoms with Crippen LogP contribution in [0.2, 0.25) is 0 Å². The number of methoxy groups -OCH3 is 1.